The molecule has 2 rings (SSSR count). The fourth-order valence-electron chi connectivity index (χ4n) is 1.58. The predicted molar refractivity (Wildman–Crippen MR) is 73.9 cm³/mol. The molecule has 0 fully saturated rings. The second kappa shape index (κ2) is 6.22. The number of hydrogen-bond donors (Lipinski definition) is 2. The Morgan fingerprint density at radius 3 is 2.58 bits per heavy atom. The lowest BCUT2D eigenvalue weighted by Crippen LogP contribution is -2.29. The minimum absolute atomic E-state index is 0.332. The van der Waals surface area contributed by atoms with E-state index in [1.807, 2.05) is 24.3 Å². The van der Waals surface area contributed by atoms with Crippen LogP contribution >= 0.6 is 11.6 Å². The number of nitrogens with one attached hydrogen (secondary N) is 1. The Kier molecular flexibility index (Phi) is 4.39. The molecule has 0 spiro atoms. The third kappa shape index (κ3) is 3.71. The highest BCUT2D eigenvalue weighted by molar-refractivity contribution is 6.30. The van der Waals surface area contributed by atoms with Crippen molar-refractivity contribution in [2.24, 2.45) is 5.84 Å². The SMILES string of the molecule is NNC(=O)c1ccc(OCc2cccc(Cl)c2)cc1. The van der Waals surface area contributed by atoms with Crippen molar-refractivity contribution in [2.45, 2.75) is 6.61 Å². The van der Waals surface area contributed by atoms with E-state index in [9.17, 15) is 4.79 Å². The molecule has 0 aromatic heterocycles. The standard InChI is InChI=1S/C14H13ClN2O2/c15-12-3-1-2-10(8-12)9-19-13-6-4-11(5-7-13)14(18)17-16/h1-8H,9,16H2,(H,17,18). The summed E-state index contributed by atoms with van der Waals surface area (Å²) in [6, 6.07) is 14.2. The minimum atomic E-state index is -0.332. The largest absolute Gasteiger partial charge is 0.489 e. The number of nitrogens with two attached hydrogens (primary N) is 1. The summed E-state index contributed by atoms with van der Waals surface area (Å²) in [5.74, 6) is 5.39. The number of nitrogen functional groups attached to an aromatic ring is 1. The van der Waals surface area contributed by atoms with E-state index in [0.717, 1.165) is 5.56 Å². The fraction of sp³-hybridized carbons (Fsp3) is 0.0714. The second-order valence-corrected chi connectivity index (χ2v) is 4.35. The number of hydrogen-bond acceptors (Lipinski definition) is 3. The number of hydrazine groups is 1. The van der Waals surface area contributed by atoms with E-state index >= 15 is 0 Å². The maximum absolute atomic E-state index is 11.2. The van der Waals surface area contributed by atoms with Gasteiger partial charge in [-0.2, -0.15) is 0 Å². The normalized spacial score (nSPS) is 10.0. The highest BCUT2D eigenvalue weighted by Gasteiger charge is 2.03. The second-order valence-electron chi connectivity index (χ2n) is 3.92. The van der Waals surface area contributed by atoms with E-state index in [0.29, 0.717) is 22.9 Å². The van der Waals surface area contributed by atoms with Crippen LogP contribution in [0.4, 0.5) is 0 Å². The number of ether oxygens (including phenoxy) is 1. The van der Waals surface area contributed by atoms with E-state index < -0.39 is 0 Å². The smallest absolute Gasteiger partial charge is 0.265 e. The molecule has 98 valence electrons. The Balaban J connectivity index is 1.98. The van der Waals surface area contributed by atoms with Gasteiger partial charge in [0, 0.05) is 10.6 Å². The number of halogens is 1. The lowest BCUT2D eigenvalue weighted by molar-refractivity contribution is 0.0953. The van der Waals surface area contributed by atoms with Crippen LogP contribution in [0.25, 0.3) is 0 Å². The van der Waals surface area contributed by atoms with Crippen LogP contribution in [0, 0.1) is 0 Å². The Morgan fingerprint density at radius 1 is 1.21 bits per heavy atom. The third-order valence-corrected chi connectivity index (χ3v) is 2.78. The molecule has 0 heterocycles. The van der Waals surface area contributed by atoms with Gasteiger partial charge in [0.25, 0.3) is 5.91 Å². The molecular weight excluding hydrogens is 264 g/mol. The molecule has 0 aliphatic rings. The molecule has 0 aliphatic carbocycles. The predicted octanol–water partition coefficient (Wildman–Crippen LogP) is 2.52. The highest BCUT2D eigenvalue weighted by Crippen LogP contribution is 2.16. The average molecular weight is 277 g/mol. The van der Waals surface area contributed by atoms with Crippen molar-refractivity contribution >= 4 is 17.5 Å². The first kappa shape index (κ1) is 13.4. The molecule has 3 N–H and O–H groups in total. The van der Waals surface area contributed by atoms with Crippen molar-refractivity contribution in [1.29, 1.82) is 0 Å². The minimum Gasteiger partial charge on any atom is -0.489 e. The first-order valence-electron chi connectivity index (χ1n) is 5.67. The fourth-order valence-corrected chi connectivity index (χ4v) is 1.79. The molecule has 0 aliphatic heterocycles. The topological polar surface area (TPSA) is 64.3 Å². The zero-order chi connectivity index (χ0) is 13.7. The first-order chi connectivity index (χ1) is 9.19. The lowest BCUT2D eigenvalue weighted by atomic mass is 10.2. The maximum Gasteiger partial charge on any atom is 0.265 e. The summed E-state index contributed by atoms with van der Waals surface area (Å²) >= 11 is 5.89. The van der Waals surface area contributed by atoms with Gasteiger partial charge in [-0.05, 0) is 42.0 Å². The zero-order valence-corrected chi connectivity index (χ0v) is 10.9. The van der Waals surface area contributed by atoms with Crippen molar-refractivity contribution < 1.29 is 9.53 Å². The molecule has 19 heavy (non-hydrogen) atoms. The van der Waals surface area contributed by atoms with E-state index in [4.69, 9.17) is 22.2 Å². The number of rotatable bonds is 4. The Hall–Kier alpha value is -2.04. The molecule has 1 amide bonds. The molecular formula is C14H13ClN2O2. The van der Waals surface area contributed by atoms with Crippen molar-refractivity contribution in [3.8, 4) is 5.75 Å². The quantitative estimate of drug-likeness (QED) is 0.512. The van der Waals surface area contributed by atoms with E-state index in [1.165, 1.54) is 0 Å². The average Bonchev–Trinajstić information content (AvgIpc) is 2.45. The number of carbonyl (C=O) groups excluding carboxylic acids is 1. The zero-order valence-electron chi connectivity index (χ0n) is 10.1. The first-order valence-corrected chi connectivity index (χ1v) is 6.05. The van der Waals surface area contributed by atoms with Gasteiger partial charge in [0.15, 0.2) is 0 Å². The monoisotopic (exact) mass is 276 g/mol. The van der Waals surface area contributed by atoms with Crippen LogP contribution in [0.15, 0.2) is 48.5 Å². The van der Waals surface area contributed by atoms with Gasteiger partial charge in [-0.1, -0.05) is 23.7 Å². The van der Waals surface area contributed by atoms with E-state index in [1.54, 1.807) is 24.3 Å². The van der Waals surface area contributed by atoms with Gasteiger partial charge in [0.05, 0.1) is 0 Å². The summed E-state index contributed by atoms with van der Waals surface area (Å²) in [6.07, 6.45) is 0. The molecule has 0 atom stereocenters. The molecule has 0 saturated heterocycles. The molecule has 4 nitrogen and oxygen atoms in total. The number of benzene rings is 2. The van der Waals surface area contributed by atoms with Crippen LogP contribution in [0.5, 0.6) is 5.75 Å². The van der Waals surface area contributed by atoms with Crippen LogP contribution in [0.2, 0.25) is 5.02 Å². The molecule has 2 aromatic carbocycles. The highest BCUT2D eigenvalue weighted by atomic mass is 35.5. The summed E-state index contributed by atoms with van der Waals surface area (Å²) < 4.78 is 5.59. The Bertz CT molecular complexity index is 570. The van der Waals surface area contributed by atoms with Gasteiger partial charge in [-0.3, -0.25) is 10.2 Å². The molecule has 0 radical (unpaired) electrons. The van der Waals surface area contributed by atoms with E-state index in [2.05, 4.69) is 5.43 Å². The Morgan fingerprint density at radius 2 is 1.95 bits per heavy atom. The van der Waals surface area contributed by atoms with Crippen LogP contribution in [0.1, 0.15) is 15.9 Å². The number of amides is 1. The van der Waals surface area contributed by atoms with Crippen LogP contribution in [-0.4, -0.2) is 5.91 Å². The third-order valence-electron chi connectivity index (χ3n) is 2.54. The van der Waals surface area contributed by atoms with Gasteiger partial charge in [-0.25, -0.2) is 5.84 Å². The van der Waals surface area contributed by atoms with Gasteiger partial charge < -0.3 is 4.74 Å². The van der Waals surface area contributed by atoms with Gasteiger partial charge in [0.1, 0.15) is 12.4 Å². The van der Waals surface area contributed by atoms with Gasteiger partial charge >= 0.3 is 0 Å². The summed E-state index contributed by atoms with van der Waals surface area (Å²) in [4.78, 5) is 11.2. The van der Waals surface area contributed by atoms with Crippen LogP contribution in [0.3, 0.4) is 0 Å². The molecule has 2 aromatic rings. The lowest BCUT2D eigenvalue weighted by Gasteiger charge is -2.07. The van der Waals surface area contributed by atoms with Crippen LogP contribution in [-0.2, 0) is 6.61 Å². The molecule has 0 bridgehead atoms. The summed E-state index contributed by atoms with van der Waals surface area (Å²) in [5.41, 5.74) is 3.54. The summed E-state index contributed by atoms with van der Waals surface area (Å²) in [6.45, 7) is 0.420. The summed E-state index contributed by atoms with van der Waals surface area (Å²) in [7, 11) is 0. The summed E-state index contributed by atoms with van der Waals surface area (Å²) in [5, 5.41) is 0.677. The number of carbonyl (C=O) groups is 1. The van der Waals surface area contributed by atoms with Crippen molar-refractivity contribution in [1.82, 2.24) is 5.43 Å². The molecule has 5 heteroatoms. The molecule has 0 unspecified atom stereocenters. The van der Waals surface area contributed by atoms with Crippen molar-refractivity contribution in [2.75, 3.05) is 0 Å². The molecule has 0 saturated carbocycles. The van der Waals surface area contributed by atoms with Crippen LogP contribution < -0.4 is 16.0 Å². The Labute approximate surface area is 116 Å². The maximum atomic E-state index is 11.2. The van der Waals surface area contributed by atoms with Gasteiger partial charge in [0.2, 0.25) is 0 Å². The van der Waals surface area contributed by atoms with Crippen molar-refractivity contribution in [3.63, 3.8) is 0 Å². The van der Waals surface area contributed by atoms with Gasteiger partial charge in [-0.15, -0.1) is 0 Å². The van der Waals surface area contributed by atoms with Crippen molar-refractivity contribution in [3.05, 3.63) is 64.7 Å². The van der Waals surface area contributed by atoms with E-state index in [-0.39, 0.29) is 5.91 Å².